The highest BCUT2D eigenvalue weighted by molar-refractivity contribution is 4.77. The van der Waals surface area contributed by atoms with Gasteiger partial charge in [-0.05, 0) is 51.6 Å². The summed E-state index contributed by atoms with van der Waals surface area (Å²) in [6.07, 6.45) is 5.33. The van der Waals surface area contributed by atoms with Crippen LogP contribution in [-0.2, 0) is 0 Å². The highest BCUT2D eigenvalue weighted by Gasteiger charge is 2.23. The molecule has 1 unspecified atom stereocenters. The number of nitrogens with two attached hydrogens (primary N) is 1. The third kappa shape index (κ3) is 5.27. The van der Waals surface area contributed by atoms with Crippen LogP contribution in [0.5, 0.6) is 0 Å². The zero-order valence-electron chi connectivity index (χ0n) is 9.13. The average Bonchev–Trinajstić information content (AvgIpc) is 2.84. The van der Waals surface area contributed by atoms with Crippen LogP contribution in [0.15, 0.2) is 0 Å². The monoisotopic (exact) mass is 184 g/mol. The van der Waals surface area contributed by atoms with Gasteiger partial charge in [0.05, 0.1) is 0 Å². The lowest BCUT2D eigenvalue weighted by Gasteiger charge is -2.22. The minimum atomic E-state index is 0.360. The molecular weight excluding hydrogens is 160 g/mol. The van der Waals surface area contributed by atoms with Crippen LogP contribution in [0, 0.1) is 5.92 Å². The molecule has 0 heterocycles. The average molecular weight is 184 g/mol. The summed E-state index contributed by atoms with van der Waals surface area (Å²) in [6, 6.07) is 0.360. The van der Waals surface area contributed by atoms with E-state index < -0.39 is 0 Å². The van der Waals surface area contributed by atoms with Gasteiger partial charge in [0.25, 0.3) is 0 Å². The van der Waals surface area contributed by atoms with E-state index in [0.29, 0.717) is 6.04 Å². The molecule has 2 heteroatoms. The maximum Gasteiger partial charge on any atom is 0.00226 e. The van der Waals surface area contributed by atoms with E-state index in [1.165, 1.54) is 38.9 Å². The van der Waals surface area contributed by atoms with Gasteiger partial charge in [0.2, 0.25) is 0 Å². The van der Waals surface area contributed by atoms with E-state index in [4.69, 9.17) is 5.73 Å². The molecule has 0 aromatic carbocycles. The predicted molar refractivity (Wildman–Crippen MR) is 57.7 cm³/mol. The van der Waals surface area contributed by atoms with Gasteiger partial charge >= 0.3 is 0 Å². The van der Waals surface area contributed by atoms with Crippen molar-refractivity contribution in [1.29, 1.82) is 0 Å². The topological polar surface area (TPSA) is 29.3 Å². The van der Waals surface area contributed by atoms with Crippen LogP contribution < -0.4 is 5.73 Å². The third-order valence-electron chi connectivity index (χ3n) is 2.65. The number of rotatable bonds is 7. The zero-order valence-corrected chi connectivity index (χ0v) is 9.13. The van der Waals surface area contributed by atoms with Gasteiger partial charge in [-0.3, -0.25) is 0 Å². The van der Waals surface area contributed by atoms with Gasteiger partial charge in [0.1, 0.15) is 0 Å². The molecule has 0 aromatic rings. The SMILES string of the molecule is CCCN(CCC(C)N)CC1CC1. The Hall–Kier alpha value is -0.0800. The van der Waals surface area contributed by atoms with Crippen LogP contribution in [0.4, 0.5) is 0 Å². The van der Waals surface area contributed by atoms with Gasteiger partial charge in [-0.25, -0.2) is 0 Å². The van der Waals surface area contributed by atoms with E-state index in [1.807, 2.05) is 0 Å². The minimum absolute atomic E-state index is 0.360. The number of hydrogen-bond acceptors (Lipinski definition) is 2. The molecule has 2 nitrogen and oxygen atoms in total. The lowest BCUT2D eigenvalue weighted by Crippen LogP contribution is -2.31. The largest absolute Gasteiger partial charge is 0.328 e. The van der Waals surface area contributed by atoms with Crippen LogP contribution in [0.1, 0.15) is 39.5 Å². The van der Waals surface area contributed by atoms with Gasteiger partial charge in [-0.1, -0.05) is 6.92 Å². The van der Waals surface area contributed by atoms with Gasteiger partial charge in [0, 0.05) is 12.6 Å². The Bertz CT molecular complexity index is 130. The highest BCUT2D eigenvalue weighted by Crippen LogP contribution is 2.29. The maximum absolute atomic E-state index is 5.76. The molecule has 78 valence electrons. The van der Waals surface area contributed by atoms with Crippen molar-refractivity contribution in [3.8, 4) is 0 Å². The van der Waals surface area contributed by atoms with E-state index in [0.717, 1.165) is 12.3 Å². The molecule has 13 heavy (non-hydrogen) atoms. The second-order valence-corrected chi connectivity index (χ2v) is 4.51. The summed E-state index contributed by atoms with van der Waals surface area (Å²) in [5.41, 5.74) is 5.76. The van der Waals surface area contributed by atoms with Crippen molar-refractivity contribution in [1.82, 2.24) is 4.90 Å². The second-order valence-electron chi connectivity index (χ2n) is 4.51. The predicted octanol–water partition coefficient (Wildman–Crippen LogP) is 1.85. The summed E-state index contributed by atoms with van der Waals surface area (Å²) in [5.74, 6) is 1.01. The van der Waals surface area contributed by atoms with Crippen molar-refractivity contribution in [3.63, 3.8) is 0 Å². The number of hydrogen-bond donors (Lipinski definition) is 1. The summed E-state index contributed by atoms with van der Waals surface area (Å²) < 4.78 is 0. The van der Waals surface area contributed by atoms with Crippen molar-refractivity contribution < 1.29 is 0 Å². The van der Waals surface area contributed by atoms with Crippen LogP contribution >= 0.6 is 0 Å². The molecule has 1 aliphatic carbocycles. The Kier molecular flexibility index (Phi) is 4.74. The first-order chi connectivity index (χ1) is 6.22. The fraction of sp³-hybridized carbons (Fsp3) is 1.00. The molecule has 1 rings (SSSR count). The summed E-state index contributed by atoms with van der Waals surface area (Å²) in [4.78, 5) is 2.58. The van der Waals surface area contributed by atoms with Crippen molar-refractivity contribution in [2.24, 2.45) is 11.7 Å². The molecule has 0 saturated heterocycles. The zero-order chi connectivity index (χ0) is 9.68. The van der Waals surface area contributed by atoms with E-state index in [1.54, 1.807) is 0 Å². The van der Waals surface area contributed by atoms with Gasteiger partial charge in [0.15, 0.2) is 0 Å². The standard InChI is InChI=1S/C11H24N2/c1-3-7-13(8-6-10(2)12)9-11-4-5-11/h10-11H,3-9,12H2,1-2H3. The third-order valence-corrected chi connectivity index (χ3v) is 2.65. The van der Waals surface area contributed by atoms with Gasteiger partial charge < -0.3 is 10.6 Å². The lowest BCUT2D eigenvalue weighted by atomic mass is 10.2. The van der Waals surface area contributed by atoms with E-state index in [2.05, 4.69) is 18.7 Å². The molecule has 1 saturated carbocycles. The van der Waals surface area contributed by atoms with Crippen LogP contribution in [0.2, 0.25) is 0 Å². The van der Waals surface area contributed by atoms with E-state index in [-0.39, 0.29) is 0 Å². The Balaban J connectivity index is 2.11. The molecular formula is C11H24N2. The Morgan fingerprint density at radius 1 is 1.38 bits per heavy atom. The fourth-order valence-electron chi connectivity index (χ4n) is 1.66. The Labute approximate surface area is 82.5 Å². The molecule has 2 N–H and O–H groups in total. The smallest absolute Gasteiger partial charge is 0.00226 e. The summed E-state index contributed by atoms with van der Waals surface area (Å²) in [5, 5.41) is 0. The quantitative estimate of drug-likeness (QED) is 0.654. The maximum atomic E-state index is 5.76. The van der Waals surface area contributed by atoms with Gasteiger partial charge in [-0.2, -0.15) is 0 Å². The minimum Gasteiger partial charge on any atom is -0.328 e. The summed E-state index contributed by atoms with van der Waals surface area (Å²) in [6.45, 7) is 8.12. The lowest BCUT2D eigenvalue weighted by molar-refractivity contribution is 0.255. The normalized spacial score (nSPS) is 19.4. The van der Waals surface area contributed by atoms with Crippen molar-refractivity contribution in [2.45, 2.75) is 45.6 Å². The molecule has 0 amide bonds. The van der Waals surface area contributed by atoms with E-state index in [9.17, 15) is 0 Å². The van der Waals surface area contributed by atoms with Crippen molar-refractivity contribution in [2.75, 3.05) is 19.6 Å². The number of nitrogens with zero attached hydrogens (tertiary/aromatic N) is 1. The molecule has 1 atom stereocenters. The Morgan fingerprint density at radius 3 is 2.54 bits per heavy atom. The first kappa shape index (κ1) is 11.0. The molecule has 0 radical (unpaired) electrons. The van der Waals surface area contributed by atoms with Gasteiger partial charge in [-0.15, -0.1) is 0 Å². The molecule has 0 spiro atoms. The van der Waals surface area contributed by atoms with Crippen LogP contribution in [0.25, 0.3) is 0 Å². The Morgan fingerprint density at radius 2 is 2.08 bits per heavy atom. The summed E-state index contributed by atoms with van der Waals surface area (Å²) in [7, 11) is 0. The first-order valence-electron chi connectivity index (χ1n) is 5.70. The van der Waals surface area contributed by atoms with Crippen molar-refractivity contribution >= 4 is 0 Å². The molecule has 0 aliphatic heterocycles. The first-order valence-corrected chi connectivity index (χ1v) is 5.70. The highest BCUT2D eigenvalue weighted by atomic mass is 15.1. The molecule has 0 bridgehead atoms. The molecule has 0 aromatic heterocycles. The molecule has 1 aliphatic rings. The molecule has 1 fully saturated rings. The fourth-order valence-corrected chi connectivity index (χ4v) is 1.66. The second kappa shape index (κ2) is 5.61. The van der Waals surface area contributed by atoms with Crippen LogP contribution in [0.3, 0.4) is 0 Å². The van der Waals surface area contributed by atoms with Crippen LogP contribution in [-0.4, -0.2) is 30.6 Å². The van der Waals surface area contributed by atoms with E-state index >= 15 is 0 Å². The summed E-state index contributed by atoms with van der Waals surface area (Å²) >= 11 is 0. The van der Waals surface area contributed by atoms with Crippen molar-refractivity contribution in [3.05, 3.63) is 0 Å².